The van der Waals surface area contributed by atoms with Crippen molar-refractivity contribution < 1.29 is 9.90 Å². The van der Waals surface area contributed by atoms with Crippen molar-refractivity contribution in [2.45, 2.75) is 33.6 Å². The van der Waals surface area contributed by atoms with Crippen LogP contribution in [0.15, 0.2) is 0 Å². The molecular formula is C11H20O2. The second kappa shape index (κ2) is 4.23. The van der Waals surface area contributed by atoms with E-state index in [2.05, 4.69) is 20.8 Å². The largest absolute Gasteiger partial charge is 0.396 e. The molecule has 1 fully saturated rings. The zero-order valence-electron chi connectivity index (χ0n) is 8.79. The minimum atomic E-state index is -0.0962. The van der Waals surface area contributed by atoms with Crippen LogP contribution in [0.25, 0.3) is 0 Å². The molecule has 3 atom stereocenters. The second-order valence-corrected chi connectivity index (χ2v) is 4.60. The first-order chi connectivity index (χ1) is 6.07. The van der Waals surface area contributed by atoms with Crippen LogP contribution in [0.4, 0.5) is 0 Å². The lowest BCUT2D eigenvalue weighted by atomic mass is 9.70. The van der Waals surface area contributed by atoms with Gasteiger partial charge < -0.3 is 5.11 Å². The Balaban J connectivity index is 2.69. The average Bonchev–Trinajstić information content (AvgIpc) is 2.04. The van der Waals surface area contributed by atoms with Crippen molar-refractivity contribution in [3.63, 3.8) is 0 Å². The molecule has 2 nitrogen and oxygen atoms in total. The number of carbonyl (C=O) groups is 1. The standard InChI is InChI=1S/C11H20O2/c1-7(2)9-5-4-8(3)10(6-12)11(9)13/h7-10,12H,4-6H2,1-3H3/t8-,9-,10+/m0/s1. The quantitative estimate of drug-likeness (QED) is 0.711. The molecule has 1 saturated carbocycles. The Morgan fingerprint density at radius 2 is 2.08 bits per heavy atom. The van der Waals surface area contributed by atoms with Gasteiger partial charge in [-0.3, -0.25) is 4.79 Å². The molecule has 1 aliphatic carbocycles. The SMILES string of the molecule is CC(C)[C@@H]1CC[C@H](C)[C@@H](CO)C1=O. The molecule has 0 radical (unpaired) electrons. The van der Waals surface area contributed by atoms with Crippen molar-refractivity contribution in [1.29, 1.82) is 0 Å². The average molecular weight is 184 g/mol. The molecule has 0 aromatic rings. The highest BCUT2D eigenvalue weighted by Crippen LogP contribution is 2.34. The number of Topliss-reactive ketones (excluding diaryl/α,β-unsaturated/α-hetero) is 1. The number of carbonyl (C=O) groups excluding carboxylic acids is 1. The van der Waals surface area contributed by atoms with Crippen LogP contribution in [0.1, 0.15) is 33.6 Å². The molecule has 76 valence electrons. The predicted molar refractivity (Wildman–Crippen MR) is 52.3 cm³/mol. The van der Waals surface area contributed by atoms with Gasteiger partial charge in [0.1, 0.15) is 5.78 Å². The molecule has 2 heteroatoms. The highest BCUT2D eigenvalue weighted by atomic mass is 16.3. The molecule has 0 unspecified atom stereocenters. The van der Waals surface area contributed by atoms with Crippen molar-refractivity contribution in [3.8, 4) is 0 Å². The summed E-state index contributed by atoms with van der Waals surface area (Å²) in [4.78, 5) is 11.8. The Morgan fingerprint density at radius 3 is 2.54 bits per heavy atom. The van der Waals surface area contributed by atoms with E-state index >= 15 is 0 Å². The maximum absolute atomic E-state index is 11.8. The third-order valence-electron chi connectivity index (χ3n) is 3.35. The van der Waals surface area contributed by atoms with Crippen LogP contribution >= 0.6 is 0 Å². The number of rotatable bonds is 2. The number of ketones is 1. The first-order valence-electron chi connectivity index (χ1n) is 5.22. The van der Waals surface area contributed by atoms with E-state index in [0.717, 1.165) is 12.8 Å². The van der Waals surface area contributed by atoms with E-state index in [1.54, 1.807) is 0 Å². The third-order valence-corrected chi connectivity index (χ3v) is 3.35. The van der Waals surface area contributed by atoms with E-state index < -0.39 is 0 Å². The summed E-state index contributed by atoms with van der Waals surface area (Å²) in [6.07, 6.45) is 2.09. The Labute approximate surface area is 80.3 Å². The van der Waals surface area contributed by atoms with Crippen LogP contribution in [-0.2, 0) is 4.79 Å². The highest BCUT2D eigenvalue weighted by molar-refractivity contribution is 5.84. The minimum Gasteiger partial charge on any atom is -0.396 e. The van der Waals surface area contributed by atoms with E-state index in [-0.39, 0.29) is 24.2 Å². The molecule has 0 aliphatic heterocycles. The second-order valence-electron chi connectivity index (χ2n) is 4.60. The highest BCUT2D eigenvalue weighted by Gasteiger charge is 2.36. The van der Waals surface area contributed by atoms with Crippen molar-refractivity contribution in [2.24, 2.45) is 23.7 Å². The smallest absolute Gasteiger partial charge is 0.141 e. The van der Waals surface area contributed by atoms with Crippen molar-refractivity contribution >= 4 is 5.78 Å². The lowest BCUT2D eigenvalue weighted by Gasteiger charge is -2.33. The van der Waals surface area contributed by atoms with Gasteiger partial charge in [-0.15, -0.1) is 0 Å². The summed E-state index contributed by atoms with van der Waals surface area (Å²) in [6, 6.07) is 0. The van der Waals surface area contributed by atoms with Gasteiger partial charge in [0.25, 0.3) is 0 Å². The lowest BCUT2D eigenvalue weighted by Crippen LogP contribution is -2.38. The Morgan fingerprint density at radius 1 is 1.46 bits per heavy atom. The molecule has 13 heavy (non-hydrogen) atoms. The van der Waals surface area contributed by atoms with Crippen LogP contribution in [0.3, 0.4) is 0 Å². The Kier molecular flexibility index (Phi) is 3.48. The van der Waals surface area contributed by atoms with Crippen LogP contribution in [0.5, 0.6) is 0 Å². The topological polar surface area (TPSA) is 37.3 Å². The third kappa shape index (κ3) is 2.11. The molecule has 1 aliphatic rings. The number of hydrogen-bond acceptors (Lipinski definition) is 2. The molecule has 0 bridgehead atoms. The fourth-order valence-corrected chi connectivity index (χ4v) is 2.27. The summed E-state index contributed by atoms with van der Waals surface area (Å²) in [7, 11) is 0. The fraction of sp³-hybridized carbons (Fsp3) is 0.909. The molecule has 0 amide bonds. The van der Waals surface area contributed by atoms with Gasteiger partial charge in [0.2, 0.25) is 0 Å². The Bertz CT molecular complexity index is 183. The number of hydrogen-bond donors (Lipinski definition) is 1. The molecule has 0 heterocycles. The summed E-state index contributed by atoms with van der Waals surface area (Å²) >= 11 is 0. The summed E-state index contributed by atoms with van der Waals surface area (Å²) in [5.74, 6) is 1.17. The molecule has 0 aromatic heterocycles. The van der Waals surface area contributed by atoms with Crippen molar-refractivity contribution in [3.05, 3.63) is 0 Å². The van der Waals surface area contributed by atoms with Gasteiger partial charge in [0.05, 0.1) is 6.61 Å². The van der Waals surface area contributed by atoms with Gasteiger partial charge in [-0.2, -0.15) is 0 Å². The number of aliphatic hydroxyl groups is 1. The van der Waals surface area contributed by atoms with Gasteiger partial charge >= 0.3 is 0 Å². The number of aliphatic hydroxyl groups excluding tert-OH is 1. The summed E-state index contributed by atoms with van der Waals surface area (Å²) in [5, 5.41) is 9.11. The van der Waals surface area contributed by atoms with Gasteiger partial charge in [-0.05, 0) is 24.7 Å². The first kappa shape index (κ1) is 10.7. The van der Waals surface area contributed by atoms with Crippen LogP contribution < -0.4 is 0 Å². The zero-order valence-corrected chi connectivity index (χ0v) is 8.79. The van der Waals surface area contributed by atoms with Gasteiger partial charge in [-0.25, -0.2) is 0 Å². The van der Waals surface area contributed by atoms with E-state index in [1.165, 1.54) is 0 Å². The van der Waals surface area contributed by atoms with Gasteiger partial charge in [0, 0.05) is 11.8 Å². The van der Waals surface area contributed by atoms with Crippen LogP contribution in [0.2, 0.25) is 0 Å². The molecular weight excluding hydrogens is 164 g/mol. The summed E-state index contributed by atoms with van der Waals surface area (Å²) in [5.41, 5.74) is 0. The van der Waals surface area contributed by atoms with Gasteiger partial charge in [-0.1, -0.05) is 20.8 Å². The lowest BCUT2D eigenvalue weighted by molar-refractivity contribution is -0.134. The normalized spacial score (nSPS) is 35.5. The maximum Gasteiger partial charge on any atom is 0.141 e. The first-order valence-corrected chi connectivity index (χ1v) is 5.22. The predicted octanol–water partition coefficient (Wildman–Crippen LogP) is 1.87. The van der Waals surface area contributed by atoms with Crippen LogP contribution in [0, 0.1) is 23.7 Å². The summed E-state index contributed by atoms with van der Waals surface area (Å²) < 4.78 is 0. The molecule has 0 saturated heterocycles. The molecule has 0 aromatic carbocycles. The van der Waals surface area contributed by atoms with Crippen molar-refractivity contribution in [1.82, 2.24) is 0 Å². The van der Waals surface area contributed by atoms with Crippen molar-refractivity contribution in [2.75, 3.05) is 6.61 Å². The van der Waals surface area contributed by atoms with E-state index in [0.29, 0.717) is 11.8 Å². The zero-order chi connectivity index (χ0) is 10.0. The Hall–Kier alpha value is -0.370. The molecule has 1 rings (SSSR count). The summed E-state index contributed by atoms with van der Waals surface area (Å²) in [6.45, 7) is 6.28. The monoisotopic (exact) mass is 184 g/mol. The molecule has 0 spiro atoms. The fourth-order valence-electron chi connectivity index (χ4n) is 2.27. The minimum absolute atomic E-state index is 0.0310. The van der Waals surface area contributed by atoms with Gasteiger partial charge in [0.15, 0.2) is 0 Å². The van der Waals surface area contributed by atoms with Crippen LogP contribution in [-0.4, -0.2) is 17.5 Å². The van der Waals surface area contributed by atoms with E-state index in [9.17, 15) is 4.79 Å². The molecule has 1 N–H and O–H groups in total. The van der Waals surface area contributed by atoms with E-state index in [1.807, 2.05) is 0 Å². The van der Waals surface area contributed by atoms with E-state index in [4.69, 9.17) is 5.11 Å². The maximum atomic E-state index is 11.8.